The molecule has 6 nitrogen and oxygen atoms in total. The van der Waals surface area contributed by atoms with Crippen LogP contribution in [-0.4, -0.2) is 44.5 Å². The van der Waals surface area contributed by atoms with Gasteiger partial charge in [-0.3, -0.25) is 9.59 Å². The number of fused-ring (bicyclic) bond motifs is 1. The molecule has 0 radical (unpaired) electrons. The van der Waals surface area contributed by atoms with Crippen molar-refractivity contribution in [2.45, 2.75) is 13.0 Å². The van der Waals surface area contributed by atoms with E-state index in [9.17, 15) is 9.59 Å². The van der Waals surface area contributed by atoms with Crippen molar-refractivity contribution in [2.75, 3.05) is 37.5 Å². The molecule has 0 aliphatic carbocycles. The van der Waals surface area contributed by atoms with E-state index in [1.807, 2.05) is 84.6 Å². The van der Waals surface area contributed by atoms with Crippen molar-refractivity contribution in [3.05, 3.63) is 95.2 Å². The number of rotatable bonds is 5. The summed E-state index contributed by atoms with van der Waals surface area (Å²) in [4.78, 5) is 33.0. The second kappa shape index (κ2) is 8.71. The second-order valence-electron chi connectivity index (χ2n) is 8.72. The molecule has 0 unspecified atom stereocenters. The predicted octanol–water partition coefficient (Wildman–Crippen LogP) is 4.10. The Bertz CT molecular complexity index is 1290. The van der Waals surface area contributed by atoms with Gasteiger partial charge in [-0.15, -0.1) is 0 Å². The van der Waals surface area contributed by atoms with Gasteiger partial charge < -0.3 is 14.5 Å². The molecule has 0 saturated carbocycles. The molecule has 3 aromatic rings. The average molecular weight is 454 g/mol. The van der Waals surface area contributed by atoms with Crippen LogP contribution in [-0.2, 0) is 22.6 Å². The first-order valence-electron chi connectivity index (χ1n) is 11.3. The van der Waals surface area contributed by atoms with Crippen LogP contribution in [0.5, 0.6) is 5.75 Å². The summed E-state index contributed by atoms with van der Waals surface area (Å²) >= 11 is 0. The number of amides is 2. The third-order valence-electron chi connectivity index (χ3n) is 6.51. The van der Waals surface area contributed by atoms with E-state index >= 15 is 0 Å². The van der Waals surface area contributed by atoms with Crippen molar-refractivity contribution in [3.8, 4) is 5.75 Å². The largest absolute Gasteiger partial charge is 0.496 e. The van der Waals surface area contributed by atoms with Gasteiger partial charge in [0.15, 0.2) is 0 Å². The molecular weight excluding hydrogens is 426 g/mol. The zero-order chi connectivity index (χ0) is 23.8. The van der Waals surface area contributed by atoms with Crippen LogP contribution in [0.1, 0.15) is 16.7 Å². The minimum Gasteiger partial charge on any atom is -0.496 e. The number of methoxy groups -OCH3 is 1. The highest BCUT2D eigenvalue weighted by atomic mass is 16.5. The summed E-state index contributed by atoms with van der Waals surface area (Å²) in [7, 11) is 5.48. The average Bonchev–Trinajstić information content (AvgIpc) is 3.13. The molecule has 6 heteroatoms. The zero-order valence-corrected chi connectivity index (χ0v) is 19.6. The van der Waals surface area contributed by atoms with Gasteiger partial charge in [-0.1, -0.05) is 42.5 Å². The van der Waals surface area contributed by atoms with Gasteiger partial charge >= 0.3 is 0 Å². The first-order valence-corrected chi connectivity index (χ1v) is 11.3. The van der Waals surface area contributed by atoms with Gasteiger partial charge in [-0.2, -0.15) is 0 Å². The maximum absolute atomic E-state index is 13.9. The lowest BCUT2D eigenvalue weighted by molar-refractivity contribution is -0.120. The SMILES string of the molecule is COc1ccccc1C1=C(N2CCc3ccccc3C2)C(=O)N(c2ccc(N(C)C)cc2)C1=O. The molecule has 0 fully saturated rings. The Balaban J connectivity index is 1.62. The Morgan fingerprint density at radius 1 is 0.824 bits per heavy atom. The third-order valence-corrected chi connectivity index (χ3v) is 6.51. The summed E-state index contributed by atoms with van der Waals surface area (Å²) in [6, 6.07) is 23.1. The molecule has 2 aliphatic rings. The van der Waals surface area contributed by atoms with Crippen molar-refractivity contribution in [3.63, 3.8) is 0 Å². The molecule has 3 aromatic carbocycles. The number of hydrogen-bond acceptors (Lipinski definition) is 5. The monoisotopic (exact) mass is 453 g/mol. The summed E-state index contributed by atoms with van der Waals surface area (Å²) in [6.07, 6.45) is 0.817. The molecule has 0 atom stereocenters. The number of anilines is 2. The number of benzene rings is 3. The van der Waals surface area contributed by atoms with Gasteiger partial charge in [0.2, 0.25) is 0 Å². The molecule has 0 aromatic heterocycles. The third kappa shape index (κ3) is 3.61. The number of para-hydroxylation sites is 1. The number of carbonyl (C=O) groups excluding carboxylic acids is 2. The fraction of sp³-hybridized carbons (Fsp3) is 0.214. The number of ether oxygens (including phenoxy) is 1. The van der Waals surface area contributed by atoms with Crippen LogP contribution in [0.15, 0.2) is 78.5 Å². The van der Waals surface area contributed by atoms with Gasteiger partial charge in [0.05, 0.1) is 18.4 Å². The van der Waals surface area contributed by atoms with E-state index in [4.69, 9.17) is 4.74 Å². The zero-order valence-electron chi connectivity index (χ0n) is 19.6. The summed E-state index contributed by atoms with van der Waals surface area (Å²) < 4.78 is 5.58. The Hall–Kier alpha value is -4.06. The quantitative estimate of drug-likeness (QED) is 0.545. The highest BCUT2D eigenvalue weighted by molar-refractivity contribution is 6.45. The fourth-order valence-corrected chi connectivity index (χ4v) is 4.73. The number of imide groups is 1. The predicted molar refractivity (Wildman–Crippen MR) is 134 cm³/mol. The standard InChI is InChI=1S/C28H27N3O3/c1-29(2)21-12-14-22(15-13-21)31-27(32)25(23-10-6-7-11-24(23)34-3)26(28(31)33)30-17-16-19-8-4-5-9-20(19)18-30/h4-15H,16-18H2,1-3H3. The summed E-state index contributed by atoms with van der Waals surface area (Å²) in [5.41, 5.74) is 5.46. The summed E-state index contributed by atoms with van der Waals surface area (Å²) in [5.74, 6) is -0.0674. The Morgan fingerprint density at radius 3 is 2.21 bits per heavy atom. The first kappa shape index (κ1) is 21.8. The van der Waals surface area contributed by atoms with E-state index in [1.165, 1.54) is 16.0 Å². The smallest absolute Gasteiger partial charge is 0.282 e. The van der Waals surface area contributed by atoms with Gasteiger partial charge in [-0.05, 0) is 47.9 Å². The first-order chi connectivity index (χ1) is 16.5. The molecule has 5 rings (SSSR count). The molecule has 0 spiro atoms. The van der Waals surface area contributed by atoms with Gasteiger partial charge in [0.1, 0.15) is 11.4 Å². The van der Waals surface area contributed by atoms with Crippen molar-refractivity contribution in [2.24, 2.45) is 0 Å². The maximum Gasteiger partial charge on any atom is 0.282 e. The minimum atomic E-state index is -0.332. The van der Waals surface area contributed by atoms with Gasteiger partial charge in [0, 0.05) is 38.4 Å². The van der Waals surface area contributed by atoms with E-state index in [0.29, 0.717) is 41.4 Å². The van der Waals surface area contributed by atoms with Crippen molar-refractivity contribution >= 4 is 28.8 Å². The van der Waals surface area contributed by atoms with Crippen molar-refractivity contribution in [1.29, 1.82) is 0 Å². The highest BCUT2D eigenvalue weighted by Crippen LogP contribution is 2.39. The van der Waals surface area contributed by atoms with E-state index in [0.717, 1.165) is 12.1 Å². The maximum atomic E-state index is 13.9. The van der Waals surface area contributed by atoms with Crippen molar-refractivity contribution in [1.82, 2.24) is 4.90 Å². The normalized spacial score (nSPS) is 15.6. The fourth-order valence-electron chi connectivity index (χ4n) is 4.73. The van der Waals surface area contributed by atoms with E-state index in [1.54, 1.807) is 7.11 Å². The molecule has 2 heterocycles. The second-order valence-corrected chi connectivity index (χ2v) is 8.72. The van der Waals surface area contributed by atoms with E-state index in [-0.39, 0.29) is 11.8 Å². The van der Waals surface area contributed by atoms with Gasteiger partial charge in [-0.25, -0.2) is 4.90 Å². The van der Waals surface area contributed by atoms with Crippen LogP contribution in [0, 0.1) is 0 Å². The number of nitrogens with zero attached hydrogens (tertiary/aromatic N) is 3. The van der Waals surface area contributed by atoms with Crippen LogP contribution in [0.3, 0.4) is 0 Å². The lowest BCUT2D eigenvalue weighted by Gasteiger charge is -2.31. The summed E-state index contributed by atoms with van der Waals surface area (Å²) in [5, 5.41) is 0. The lowest BCUT2D eigenvalue weighted by Crippen LogP contribution is -2.37. The number of carbonyl (C=O) groups is 2. The van der Waals surface area contributed by atoms with E-state index < -0.39 is 0 Å². The Kier molecular flexibility index (Phi) is 5.57. The van der Waals surface area contributed by atoms with Crippen LogP contribution >= 0.6 is 0 Å². The Morgan fingerprint density at radius 2 is 1.50 bits per heavy atom. The van der Waals surface area contributed by atoms with Crippen LogP contribution in [0.4, 0.5) is 11.4 Å². The number of hydrogen-bond donors (Lipinski definition) is 0. The van der Waals surface area contributed by atoms with E-state index in [2.05, 4.69) is 12.1 Å². The van der Waals surface area contributed by atoms with Crippen LogP contribution < -0.4 is 14.5 Å². The molecule has 0 saturated heterocycles. The molecule has 0 N–H and O–H groups in total. The topological polar surface area (TPSA) is 53.1 Å². The van der Waals surface area contributed by atoms with Crippen LogP contribution in [0.2, 0.25) is 0 Å². The summed E-state index contributed by atoms with van der Waals surface area (Å²) in [6.45, 7) is 1.24. The van der Waals surface area contributed by atoms with Crippen LogP contribution in [0.25, 0.3) is 5.57 Å². The molecule has 2 amide bonds. The molecule has 34 heavy (non-hydrogen) atoms. The Labute approximate surface area is 199 Å². The highest BCUT2D eigenvalue weighted by Gasteiger charge is 2.43. The minimum absolute atomic E-state index is 0.303. The van der Waals surface area contributed by atoms with Crippen molar-refractivity contribution < 1.29 is 14.3 Å². The molecule has 0 bridgehead atoms. The molecule has 2 aliphatic heterocycles. The van der Waals surface area contributed by atoms with Gasteiger partial charge in [0.25, 0.3) is 11.8 Å². The molecular formula is C28H27N3O3. The molecule has 172 valence electrons. The lowest BCUT2D eigenvalue weighted by atomic mass is 9.97.